The third kappa shape index (κ3) is 18.6. The highest BCUT2D eigenvalue weighted by atomic mass is 16.7. The van der Waals surface area contributed by atoms with Crippen molar-refractivity contribution in [3.8, 4) is 28.7 Å². The molecule has 0 bridgehead atoms. The van der Waals surface area contributed by atoms with Crippen LogP contribution in [0.15, 0.2) is 85.0 Å². The molecule has 4 amide bonds. The first-order chi connectivity index (χ1) is 51.0. The molecule has 0 saturated carbocycles. The predicted octanol–water partition coefficient (Wildman–Crippen LogP) is 2.62. The minimum atomic E-state index is -1.79. The van der Waals surface area contributed by atoms with Crippen LogP contribution in [-0.4, -0.2) is 265 Å². The van der Waals surface area contributed by atoms with Gasteiger partial charge in [-0.25, -0.2) is 25.3 Å². The number of nitrogens with zero attached hydrogens (tertiary/aromatic N) is 4. The van der Waals surface area contributed by atoms with E-state index in [0.717, 1.165) is 9.80 Å². The Hall–Kier alpha value is -8.46. The number of unbranched alkanes of at least 4 members (excludes halogenated alkanes) is 2. The summed E-state index contributed by atoms with van der Waals surface area (Å²) in [6, 6.07) is 12.6. The van der Waals surface area contributed by atoms with Gasteiger partial charge in [0.15, 0.2) is 35.5 Å². The smallest absolute Gasteiger partial charge is 0.416 e. The summed E-state index contributed by atoms with van der Waals surface area (Å²) in [6.07, 6.45) is -17.5. The van der Waals surface area contributed by atoms with E-state index in [1.54, 1.807) is 13.0 Å². The van der Waals surface area contributed by atoms with Crippen molar-refractivity contribution in [3.05, 3.63) is 124 Å². The Balaban J connectivity index is 0.802. The van der Waals surface area contributed by atoms with Crippen LogP contribution in [0.25, 0.3) is 0 Å². The Morgan fingerprint density at radius 2 is 1.07 bits per heavy atom. The lowest BCUT2D eigenvalue weighted by Gasteiger charge is -2.39. The lowest BCUT2D eigenvalue weighted by molar-refractivity contribution is -0.277. The van der Waals surface area contributed by atoms with Crippen LogP contribution in [0.1, 0.15) is 116 Å². The number of nitrogens with two attached hydrogens (primary N) is 1. The highest BCUT2D eigenvalue weighted by Crippen LogP contribution is 2.44. The van der Waals surface area contributed by atoms with Crippen molar-refractivity contribution in [1.29, 1.82) is 0 Å². The Morgan fingerprint density at radius 3 is 1.61 bits per heavy atom. The summed E-state index contributed by atoms with van der Waals surface area (Å²) in [5.74, 6) is 3.55. The molecule has 10 rings (SSSR count). The summed E-state index contributed by atoms with van der Waals surface area (Å²) in [5.41, 5.74) is 2.37. The maximum atomic E-state index is 14.6. The van der Waals surface area contributed by atoms with Crippen LogP contribution in [0.4, 0.5) is 21.0 Å². The Morgan fingerprint density at radius 1 is 0.557 bits per heavy atom. The van der Waals surface area contributed by atoms with Gasteiger partial charge in [0.1, 0.15) is 73.2 Å². The SMILES string of the molecule is C=C1C[C@H]2C(O)N(C(=O)OCc3ccc(O[C@@H]4OC[C@H](O)[C@H](O)[C@H]4O)c(C(=O)CCCOCCOCCON)c3)c3cc(OCCCCCOc4cc5c(cc4OC)C(=O)N4CC(=C)C[C@H]4C(O)N5C(=O)OCc4ccc(O[C@@H]5O[C@H](CO)[C@H](O)[C@H](O)[C@H]5O)c(C(=O)CCCOC)c4)c(C)cc3C(=O)N2C1. The van der Waals surface area contributed by atoms with Crippen LogP contribution >= 0.6 is 0 Å². The fraction of sp³-hybridized carbons (Fsp3) is 0.534. The zero-order valence-corrected chi connectivity index (χ0v) is 59.1. The van der Waals surface area contributed by atoms with Crippen molar-refractivity contribution < 1.29 is 136 Å². The molecule has 2 unspecified atom stereocenters. The Bertz CT molecular complexity index is 3800. The number of benzene rings is 4. The average Bonchev–Trinajstić information content (AvgIpc) is 1.59. The van der Waals surface area contributed by atoms with Crippen LogP contribution < -0.4 is 39.4 Å². The van der Waals surface area contributed by atoms with E-state index in [0.29, 0.717) is 48.0 Å². The number of anilines is 2. The van der Waals surface area contributed by atoms with Crippen molar-refractivity contribution in [2.75, 3.05) is 103 Å². The minimum absolute atomic E-state index is 0.00115. The molecule has 0 aromatic heterocycles. The molecule has 0 spiro atoms. The first-order valence-electron chi connectivity index (χ1n) is 34.9. The molecule has 0 aliphatic carbocycles. The molecular weight excluding hydrogens is 1390 g/mol. The fourth-order valence-corrected chi connectivity index (χ4v) is 13.2. The van der Waals surface area contributed by atoms with Crippen LogP contribution in [0.2, 0.25) is 0 Å². The molecule has 0 radical (unpaired) electrons. The Labute approximate surface area is 610 Å². The van der Waals surface area contributed by atoms with Crippen molar-refractivity contribution in [3.63, 3.8) is 0 Å². The fourth-order valence-electron chi connectivity index (χ4n) is 13.2. The molecule has 33 heteroatoms. The second kappa shape index (κ2) is 36.9. The summed E-state index contributed by atoms with van der Waals surface area (Å²) in [4.78, 5) is 94.9. The zero-order chi connectivity index (χ0) is 76.0. The van der Waals surface area contributed by atoms with Crippen LogP contribution in [0.5, 0.6) is 28.7 Å². The summed E-state index contributed by atoms with van der Waals surface area (Å²) < 4.78 is 69.0. The van der Waals surface area contributed by atoms with Crippen molar-refractivity contribution in [2.24, 2.45) is 5.90 Å². The molecule has 6 aliphatic heterocycles. The average molecular weight is 1490 g/mol. The topological polar surface area (TPSA) is 443 Å². The quantitative estimate of drug-likeness (QED) is 0.0139. The number of hydrogen-bond donors (Lipinski definition) is 10. The standard InChI is InChI=1S/C73H93N5O28/c1-39-25-50-68(90)77(72(92)101-36-42-13-15-55(104-70-64(86)61(83)54(82)38-100-70)46(28-42)53(81)12-10-18-96-21-22-97-23-24-103-74)48-31-57(41(3)27-44(48)66(88)75(50)33-39)98-19-7-6-8-20-99-59-32-49-45(30-58(59)95-5)67(89)76-34-40(2)26-51(76)69(91)78(49)73(93)102-37-43-14-16-56(47(29-43)52(80)11-9-17-94-4)105-71-65(87)63(85)62(84)60(35-79)106-71/h13-16,27-32,50-51,54,60-65,68-71,79,82-87,90-91H,1-2,6-12,17-26,33-38,74H2,3-5H3/t50-,51-,54-,60+,61-,62-,63-,64+,65+,68?,69?,70-,71+/m0/s1. The number of methoxy groups -OCH3 is 2. The summed E-state index contributed by atoms with van der Waals surface area (Å²) in [7, 11) is 2.85. The minimum Gasteiger partial charge on any atom is -0.493 e. The van der Waals surface area contributed by atoms with Crippen molar-refractivity contribution in [2.45, 2.75) is 158 Å². The first-order valence-corrected chi connectivity index (χ1v) is 34.9. The lowest BCUT2D eigenvalue weighted by Crippen LogP contribution is -2.60. The summed E-state index contributed by atoms with van der Waals surface area (Å²) >= 11 is 0. The van der Waals surface area contributed by atoms with E-state index in [4.69, 9.17) is 62.7 Å². The molecule has 4 saturated heterocycles. The number of ketones is 2. The summed E-state index contributed by atoms with van der Waals surface area (Å²) in [5, 5.41) is 96.6. The van der Waals surface area contributed by atoms with Crippen LogP contribution in [0.3, 0.4) is 0 Å². The third-order valence-electron chi connectivity index (χ3n) is 18.9. The molecule has 4 aromatic carbocycles. The van der Waals surface area contributed by atoms with Gasteiger partial charge in [0.05, 0.1) is 106 Å². The molecule has 106 heavy (non-hydrogen) atoms. The van der Waals surface area contributed by atoms with Gasteiger partial charge in [-0.3, -0.25) is 19.2 Å². The highest BCUT2D eigenvalue weighted by molar-refractivity contribution is 6.07. The molecule has 6 heterocycles. The van der Waals surface area contributed by atoms with Gasteiger partial charge in [0.2, 0.25) is 12.6 Å². The number of ether oxygens (including phenoxy) is 12. The molecule has 33 nitrogen and oxygen atoms in total. The van der Waals surface area contributed by atoms with Crippen LogP contribution in [0, 0.1) is 6.92 Å². The molecule has 578 valence electrons. The van der Waals surface area contributed by atoms with Crippen LogP contribution in [-0.2, 0) is 51.2 Å². The van der Waals surface area contributed by atoms with Gasteiger partial charge >= 0.3 is 12.2 Å². The third-order valence-corrected chi connectivity index (χ3v) is 18.9. The molecule has 11 N–H and O–H groups in total. The second-order valence-corrected chi connectivity index (χ2v) is 26.5. The Kier molecular flexibility index (Phi) is 27.9. The highest BCUT2D eigenvalue weighted by Gasteiger charge is 2.50. The number of rotatable bonds is 34. The molecule has 13 atom stereocenters. The van der Waals surface area contributed by atoms with Crippen molar-refractivity contribution in [1.82, 2.24) is 9.80 Å². The zero-order valence-electron chi connectivity index (χ0n) is 59.1. The number of fused-ring (bicyclic) bond motifs is 4. The predicted molar refractivity (Wildman–Crippen MR) is 370 cm³/mol. The van der Waals surface area contributed by atoms with E-state index in [9.17, 15) is 74.7 Å². The summed E-state index contributed by atoms with van der Waals surface area (Å²) in [6.45, 7) is 9.65. The first kappa shape index (κ1) is 80.1. The van der Waals surface area contributed by atoms with Gasteiger partial charge in [0, 0.05) is 58.4 Å². The maximum Gasteiger partial charge on any atom is 0.416 e. The molecule has 4 aromatic rings. The van der Waals surface area contributed by atoms with Gasteiger partial charge in [-0.15, -0.1) is 0 Å². The monoisotopic (exact) mass is 1490 g/mol. The number of carbonyl (C=O) groups excluding carboxylic acids is 6. The molecule has 6 aliphatic rings. The van der Waals surface area contributed by atoms with E-state index in [-0.39, 0.29) is 173 Å². The number of amides is 4. The normalized spacial score (nSPS) is 24.9. The van der Waals surface area contributed by atoms with Gasteiger partial charge in [0.25, 0.3) is 11.8 Å². The lowest BCUT2D eigenvalue weighted by atomic mass is 9.99. The number of carbonyl (C=O) groups is 6. The van der Waals surface area contributed by atoms with Gasteiger partial charge < -0.3 is 117 Å². The molecule has 4 fully saturated rings. The number of aliphatic hydroxyl groups is 9. The van der Waals surface area contributed by atoms with E-state index < -0.39 is 135 Å². The van der Waals surface area contributed by atoms with E-state index in [1.807, 2.05) is 0 Å². The van der Waals surface area contributed by atoms with Gasteiger partial charge in [-0.2, -0.15) is 0 Å². The van der Waals surface area contributed by atoms with Crippen molar-refractivity contribution >= 4 is 46.9 Å². The second-order valence-electron chi connectivity index (χ2n) is 26.5. The van der Waals surface area contributed by atoms with E-state index in [1.165, 1.54) is 78.6 Å². The maximum absolute atomic E-state index is 14.6. The number of Topliss-reactive ketones (excluding diaryl/α,β-unsaturated/α-hetero) is 2. The molecular formula is C73H93N5O28. The number of aliphatic hydroxyl groups excluding tert-OH is 9. The van der Waals surface area contributed by atoms with Gasteiger partial charge in [-0.1, -0.05) is 36.4 Å². The number of aryl methyl sites for hydroxylation is 1. The van der Waals surface area contributed by atoms with E-state index in [2.05, 4.69) is 18.0 Å². The largest absolute Gasteiger partial charge is 0.493 e. The van der Waals surface area contributed by atoms with E-state index >= 15 is 0 Å². The number of hydrogen-bond acceptors (Lipinski definition) is 29. The van der Waals surface area contributed by atoms with Gasteiger partial charge in [-0.05, 0) is 105 Å².